The summed E-state index contributed by atoms with van der Waals surface area (Å²) >= 11 is 0. The van der Waals surface area contributed by atoms with Gasteiger partial charge in [0.15, 0.2) is 17.2 Å². The summed E-state index contributed by atoms with van der Waals surface area (Å²) in [5, 5.41) is 2.89. The monoisotopic (exact) mass is 434 g/mol. The Hall–Kier alpha value is -4.01. The van der Waals surface area contributed by atoms with E-state index in [0.717, 1.165) is 5.69 Å². The molecule has 9 nitrogen and oxygen atoms in total. The third kappa shape index (κ3) is 4.09. The summed E-state index contributed by atoms with van der Waals surface area (Å²) in [6.07, 6.45) is 1.69. The largest absolute Gasteiger partial charge is 0.486 e. The molecule has 2 aromatic rings. The van der Waals surface area contributed by atoms with Crippen molar-refractivity contribution in [3.8, 4) is 11.5 Å². The number of nitrogens with one attached hydrogen (secondary N) is 1. The maximum Gasteiger partial charge on any atom is 0.365 e. The molecule has 0 aromatic heterocycles. The summed E-state index contributed by atoms with van der Waals surface area (Å²) in [7, 11) is 0. The molecule has 2 amide bonds. The first-order chi connectivity index (χ1) is 15.7. The van der Waals surface area contributed by atoms with Crippen molar-refractivity contribution < 1.29 is 23.8 Å². The Bertz CT molecular complexity index is 1090. The summed E-state index contributed by atoms with van der Waals surface area (Å²) in [4.78, 5) is 33.0. The summed E-state index contributed by atoms with van der Waals surface area (Å²) < 4.78 is 16.7. The van der Waals surface area contributed by atoms with Crippen LogP contribution in [0, 0.1) is 0 Å². The molecular formula is C23H22N4O5. The van der Waals surface area contributed by atoms with E-state index in [9.17, 15) is 9.59 Å². The second kappa shape index (κ2) is 8.62. The molecule has 5 rings (SSSR count). The van der Waals surface area contributed by atoms with Gasteiger partial charge in [-0.1, -0.05) is 24.3 Å². The lowest BCUT2D eigenvalue weighted by Gasteiger charge is -2.34. The minimum Gasteiger partial charge on any atom is -0.486 e. The van der Waals surface area contributed by atoms with E-state index in [2.05, 4.69) is 10.3 Å². The van der Waals surface area contributed by atoms with Crippen LogP contribution in [0.15, 0.2) is 65.4 Å². The first-order valence-electron chi connectivity index (χ1n) is 10.4. The number of hydrogen-bond donors (Lipinski definition) is 1. The van der Waals surface area contributed by atoms with E-state index < -0.39 is 5.97 Å². The van der Waals surface area contributed by atoms with Crippen molar-refractivity contribution in [2.75, 3.05) is 44.7 Å². The molecular weight excluding hydrogens is 412 g/mol. The number of benzene rings is 2. The van der Waals surface area contributed by atoms with Crippen LogP contribution in [0.4, 0.5) is 10.5 Å². The highest BCUT2D eigenvalue weighted by molar-refractivity contribution is 6.12. The molecule has 1 fully saturated rings. The van der Waals surface area contributed by atoms with E-state index in [4.69, 9.17) is 14.2 Å². The highest BCUT2D eigenvalue weighted by Gasteiger charge is 2.30. The van der Waals surface area contributed by atoms with Gasteiger partial charge < -0.3 is 29.3 Å². The third-order valence-electron chi connectivity index (χ3n) is 5.35. The molecule has 0 unspecified atom stereocenters. The Kier molecular flexibility index (Phi) is 5.37. The van der Waals surface area contributed by atoms with Crippen LogP contribution in [-0.2, 0) is 9.53 Å². The molecule has 0 saturated carbocycles. The van der Waals surface area contributed by atoms with Crippen LogP contribution in [0.25, 0.3) is 0 Å². The van der Waals surface area contributed by atoms with Crippen LogP contribution in [0.1, 0.15) is 5.56 Å². The van der Waals surface area contributed by atoms with Gasteiger partial charge in [0, 0.05) is 38.1 Å². The fourth-order valence-corrected chi connectivity index (χ4v) is 3.71. The van der Waals surface area contributed by atoms with Crippen LogP contribution >= 0.6 is 0 Å². The fourth-order valence-electron chi connectivity index (χ4n) is 3.71. The van der Waals surface area contributed by atoms with E-state index in [1.165, 1.54) is 0 Å². The second-order valence-electron chi connectivity index (χ2n) is 7.47. The minimum absolute atomic E-state index is 0.139. The molecule has 0 spiro atoms. The van der Waals surface area contributed by atoms with E-state index in [-0.39, 0.29) is 17.6 Å². The number of amides is 2. The molecule has 0 aliphatic carbocycles. The number of hydrogen-bond acceptors (Lipinski definition) is 7. The zero-order valence-electron chi connectivity index (χ0n) is 17.3. The molecule has 3 aliphatic heterocycles. The van der Waals surface area contributed by atoms with E-state index in [1.807, 2.05) is 35.2 Å². The lowest BCUT2D eigenvalue weighted by atomic mass is 10.1. The number of para-hydroxylation sites is 2. The summed E-state index contributed by atoms with van der Waals surface area (Å²) in [6, 6.07) is 14.6. The Balaban J connectivity index is 1.24. The van der Waals surface area contributed by atoms with Gasteiger partial charge in [0.25, 0.3) is 0 Å². The predicted octanol–water partition coefficient (Wildman–Crippen LogP) is 2.45. The van der Waals surface area contributed by atoms with Crippen molar-refractivity contribution in [3.63, 3.8) is 0 Å². The molecule has 1 N–H and O–H groups in total. The van der Waals surface area contributed by atoms with Gasteiger partial charge in [-0.2, -0.15) is 0 Å². The van der Waals surface area contributed by atoms with Crippen LogP contribution in [0.5, 0.6) is 11.5 Å². The summed E-state index contributed by atoms with van der Waals surface area (Å²) in [5.74, 6) is 0.822. The van der Waals surface area contributed by atoms with Crippen LogP contribution in [0.3, 0.4) is 0 Å². The number of urea groups is 1. The molecule has 3 aliphatic rings. The summed E-state index contributed by atoms with van der Waals surface area (Å²) in [6.45, 7) is 3.14. The van der Waals surface area contributed by atoms with Gasteiger partial charge in [-0.3, -0.25) is 0 Å². The number of ether oxygens (including phenoxy) is 3. The van der Waals surface area contributed by atoms with Crippen molar-refractivity contribution in [2.45, 2.75) is 0 Å². The quantitative estimate of drug-likeness (QED) is 0.589. The topological polar surface area (TPSA) is 92.7 Å². The van der Waals surface area contributed by atoms with Gasteiger partial charge in [0.2, 0.25) is 5.90 Å². The van der Waals surface area contributed by atoms with Crippen LogP contribution in [0.2, 0.25) is 0 Å². The molecule has 3 heterocycles. The van der Waals surface area contributed by atoms with Gasteiger partial charge in [-0.25, -0.2) is 14.6 Å². The van der Waals surface area contributed by atoms with Crippen LogP contribution in [-0.4, -0.2) is 67.1 Å². The predicted molar refractivity (Wildman–Crippen MR) is 117 cm³/mol. The first kappa shape index (κ1) is 19.9. The number of piperazine rings is 1. The number of cyclic esters (lactones) is 1. The van der Waals surface area contributed by atoms with Crippen molar-refractivity contribution in [1.82, 2.24) is 9.80 Å². The summed E-state index contributed by atoms with van der Waals surface area (Å²) in [5.41, 5.74) is 1.56. The van der Waals surface area contributed by atoms with Crippen molar-refractivity contribution in [3.05, 3.63) is 66.0 Å². The molecule has 32 heavy (non-hydrogen) atoms. The van der Waals surface area contributed by atoms with Gasteiger partial charge in [-0.05, 0) is 24.3 Å². The minimum atomic E-state index is -0.515. The van der Waals surface area contributed by atoms with E-state index >= 15 is 0 Å². The van der Waals surface area contributed by atoms with Crippen molar-refractivity contribution >= 4 is 23.6 Å². The van der Waals surface area contributed by atoms with Gasteiger partial charge >= 0.3 is 12.0 Å². The highest BCUT2D eigenvalue weighted by Crippen LogP contribution is 2.35. The average Bonchev–Trinajstić information content (AvgIpc) is 3.19. The molecule has 1 saturated heterocycles. The molecule has 0 radical (unpaired) electrons. The number of anilines is 1. The second-order valence-corrected chi connectivity index (χ2v) is 7.47. The normalized spacial score (nSPS) is 18.9. The number of nitrogens with zero attached hydrogens (tertiary/aromatic N) is 3. The van der Waals surface area contributed by atoms with Gasteiger partial charge in [0.1, 0.15) is 13.2 Å². The maximum atomic E-state index is 12.5. The average molecular weight is 434 g/mol. The number of rotatable bonds is 3. The molecule has 164 valence electrons. The van der Waals surface area contributed by atoms with E-state index in [0.29, 0.717) is 56.5 Å². The number of aliphatic imine (C=N–C) groups is 1. The number of esters is 1. The van der Waals surface area contributed by atoms with Crippen molar-refractivity contribution in [2.24, 2.45) is 4.99 Å². The maximum absolute atomic E-state index is 12.5. The van der Waals surface area contributed by atoms with Gasteiger partial charge in [-0.15, -0.1) is 0 Å². The zero-order valence-corrected chi connectivity index (χ0v) is 17.3. The lowest BCUT2D eigenvalue weighted by molar-refractivity contribution is -0.130. The molecule has 0 bridgehead atoms. The number of carbonyl (C=O) groups excluding carboxylic acids is 2. The van der Waals surface area contributed by atoms with Crippen molar-refractivity contribution in [1.29, 1.82) is 0 Å². The number of fused-ring (bicyclic) bond motifs is 1. The lowest BCUT2D eigenvalue weighted by Crippen LogP contribution is -2.48. The SMILES string of the molecule is O=C1OC(c2cccc3c2OCCO3)=NC1=CN1CCN(C(=O)Nc2ccccc2)CC1. The highest BCUT2D eigenvalue weighted by atomic mass is 16.6. The Morgan fingerprint density at radius 3 is 2.56 bits per heavy atom. The molecule has 9 heteroatoms. The Morgan fingerprint density at radius 1 is 0.969 bits per heavy atom. The first-order valence-corrected chi connectivity index (χ1v) is 10.4. The smallest absolute Gasteiger partial charge is 0.365 e. The number of carbonyl (C=O) groups is 2. The fraction of sp³-hybridized carbons (Fsp3) is 0.261. The molecule has 2 aromatic carbocycles. The zero-order chi connectivity index (χ0) is 21.9. The Morgan fingerprint density at radius 2 is 1.75 bits per heavy atom. The van der Waals surface area contributed by atoms with Crippen LogP contribution < -0.4 is 14.8 Å². The Labute approximate surface area is 184 Å². The third-order valence-corrected chi connectivity index (χ3v) is 5.35. The molecule has 0 atom stereocenters. The van der Waals surface area contributed by atoms with Gasteiger partial charge in [0.05, 0.1) is 5.56 Å². The van der Waals surface area contributed by atoms with E-state index in [1.54, 1.807) is 29.3 Å². The standard InChI is InChI=1S/C23H22N4O5/c28-22-18(25-21(32-22)17-7-4-8-19-20(17)31-14-13-30-19)15-26-9-11-27(12-10-26)23(29)24-16-5-2-1-3-6-16/h1-8,15H,9-14H2,(H,24,29).